The van der Waals surface area contributed by atoms with Crippen LogP contribution in [0.2, 0.25) is 0 Å². The van der Waals surface area contributed by atoms with Gasteiger partial charge in [0.25, 0.3) is 5.91 Å². The first kappa shape index (κ1) is 15.8. The number of benzene rings is 2. The summed E-state index contributed by atoms with van der Waals surface area (Å²) in [6, 6.07) is 15.3. The van der Waals surface area contributed by atoms with Crippen LogP contribution in [0.4, 0.5) is 10.1 Å². The summed E-state index contributed by atoms with van der Waals surface area (Å²) < 4.78 is 13.0. The molecule has 0 saturated carbocycles. The van der Waals surface area contributed by atoms with Gasteiger partial charge < -0.3 is 9.80 Å². The summed E-state index contributed by atoms with van der Waals surface area (Å²) in [5.41, 5.74) is 1.22. The van der Waals surface area contributed by atoms with Crippen LogP contribution in [0.25, 0.3) is 0 Å². The molecule has 25 heavy (non-hydrogen) atoms. The van der Waals surface area contributed by atoms with E-state index >= 15 is 0 Å². The third kappa shape index (κ3) is 2.90. The van der Waals surface area contributed by atoms with Crippen molar-refractivity contribution >= 4 is 17.5 Å². The molecule has 2 aromatic carbocycles. The van der Waals surface area contributed by atoms with Crippen molar-refractivity contribution in [1.82, 2.24) is 4.90 Å². The van der Waals surface area contributed by atoms with Crippen LogP contribution in [-0.4, -0.2) is 36.3 Å². The van der Waals surface area contributed by atoms with Crippen molar-refractivity contribution in [3.8, 4) is 0 Å². The van der Waals surface area contributed by atoms with Crippen LogP contribution in [0, 0.1) is 11.2 Å². The Hall–Kier alpha value is -2.69. The van der Waals surface area contributed by atoms with Crippen LogP contribution in [0.1, 0.15) is 23.2 Å². The van der Waals surface area contributed by atoms with Crippen molar-refractivity contribution in [2.75, 3.05) is 24.5 Å². The van der Waals surface area contributed by atoms with E-state index < -0.39 is 0 Å². The highest BCUT2D eigenvalue weighted by molar-refractivity contribution is 5.97. The van der Waals surface area contributed by atoms with E-state index in [4.69, 9.17) is 0 Å². The predicted molar refractivity (Wildman–Crippen MR) is 92.8 cm³/mol. The van der Waals surface area contributed by atoms with Crippen LogP contribution >= 0.6 is 0 Å². The van der Waals surface area contributed by atoms with E-state index in [0.29, 0.717) is 31.6 Å². The summed E-state index contributed by atoms with van der Waals surface area (Å²) in [6.07, 6.45) is 1.28. The lowest BCUT2D eigenvalue weighted by Crippen LogP contribution is -2.34. The van der Waals surface area contributed by atoms with Gasteiger partial charge in [0.05, 0.1) is 0 Å². The van der Waals surface area contributed by atoms with Gasteiger partial charge in [-0.15, -0.1) is 0 Å². The molecule has 2 aliphatic heterocycles. The van der Waals surface area contributed by atoms with E-state index in [2.05, 4.69) is 0 Å². The van der Waals surface area contributed by atoms with Crippen molar-refractivity contribution in [3.05, 3.63) is 66.0 Å². The number of likely N-dealkylation sites (tertiary alicyclic amines) is 1. The Morgan fingerprint density at radius 1 is 1.00 bits per heavy atom. The molecule has 2 amide bonds. The zero-order valence-corrected chi connectivity index (χ0v) is 13.8. The molecule has 1 atom stereocenters. The summed E-state index contributed by atoms with van der Waals surface area (Å²) >= 11 is 0. The summed E-state index contributed by atoms with van der Waals surface area (Å²) in [4.78, 5) is 28.7. The first-order chi connectivity index (χ1) is 12.1. The Balaban J connectivity index is 1.49. The number of hydrogen-bond donors (Lipinski definition) is 0. The molecule has 2 heterocycles. The fraction of sp³-hybridized carbons (Fsp3) is 0.300. The maximum absolute atomic E-state index is 13.0. The molecule has 2 aliphatic rings. The third-order valence-electron chi connectivity index (χ3n) is 5.21. The Morgan fingerprint density at radius 2 is 1.72 bits per heavy atom. The lowest BCUT2D eigenvalue weighted by Gasteiger charge is -2.24. The first-order valence-electron chi connectivity index (χ1n) is 8.47. The number of amides is 2. The fourth-order valence-corrected chi connectivity index (χ4v) is 3.90. The SMILES string of the molecule is O=C(c1ccc(F)cc1)N1CCC2(CC(=O)N(c3ccccc3)C2)C1. The quantitative estimate of drug-likeness (QED) is 0.844. The summed E-state index contributed by atoms with van der Waals surface area (Å²) in [5, 5.41) is 0. The van der Waals surface area contributed by atoms with Crippen molar-refractivity contribution in [2.24, 2.45) is 5.41 Å². The van der Waals surface area contributed by atoms with Gasteiger partial charge in [-0.3, -0.25) is 9.59 Å². The average Bonchev–Trinajstić information content (AvgIpc) is 3.19. The largest absolute Gasteiger partial charge is 0.338 e. The number of carbonyl (C=O) groups is 2. The Morgan fingerprint density at radius 3 is 2.44 bits per heavy atom. The summed E-state index contributed by atoms with van der Waals surface area (Å²) in [7, 11) is 0. The van der Waals surface area contributed by atoms with E-state index in [1.807, 2.05) is 35.2 Å². The minimum absolute atomic E-state index is 0.0949. The maximum Gasteiger partial charge on any atom is 0.253 e. The smallest absolute Gasteiger partial charge is 0.253 e. The van der Waals surface area contributed by atoms with Crippen LogP contribution in [0.3, 0.4) is 0 Å². The van der Waals surface area contributed by atoms with E-state index in [1.165, 1.54) is 24.3 Å². The molecular weight excluding hydrogens is 319 g/mol. The van der Waals surface area contributed by atoms with Crippen LogP contribution in [0.5, 0.6) is 0 Å². The molecular formula is C20H19FN2O2. The lowest BCUT2D eigenvalue weighted by molar-refractivity contribution is -0.117. The molecule has 2 aromatic rings. The number of nitrogens with zero attached hydrogens (tertiary/aromatic N) is 2. The number of para-hydroxylation sites is 1. The molecule has 2 saturated heterocycles. The molecule has 1 spiro atoms. The van der Waals surface area contributed by atoms with Crippen LogP contribution < -0.4 is 4.90 Å². The molecule has 0 radical (unpaired) electrons. The zero-order chi connectivity index (χ0) is 17.4. The van der Waals surface area contributed by atoms with Gasteiger partial charge in [-0.05, 0) is 42.8 Å². The monoisotopic (exact) mass is 338 g/mol. The van der Waals surface area contributed by atoms with Crippen molar-refractivity contribution < 1.29 is 14.0 Å². The van der Waals surface area contributed by atoms with Gasteiger partial charge in [-0.1, -0.05) is 18.2 Å². The molecule has 128 valence electrons. The zero-order valence-electron chi connectivity index (χ0n) is 13.8. The topological polar surface area (TPSA) is 40.6 Å². The van der Waals surface area contributed by atoms with Gasteiger partial charge in [-0.2, -0.15) is 0 Å². The van der Waals surface area contributed by atoms with Gasteiger partial charge in [-0.25, -0.2) is 4.39 Å². The van der Waals surface area contributed by atoms with Gasteiger partial charge in [0.15, 0.2) is 0 Å². The lowest BCUT2D eigenvalue weighted by atomic mass is 9.86. The minimum atomic E-state index is -0.352. The fourth-order valence-electron chi connectivity index (χ4n) is 3.90. The standard InChI is InChI=1S/C20H19FN2O2/c21-16-8-6-15(7-9-16)19(25)22-11-10-20(13-22)12-18(24)23(14-20)17-4-2-1-3-5-17/h1-9H,10-14H2. The first-order valence-corrected chi connectivity index (χ1v) is 8.47. The highest BCUT2D eigenvalue weighted by atomic mass is 19.1. The van der Waals surface area contributed by atoms with Crippen molar-refractivity contribution in [3.63, 3.8) is 0 Å². The third-order valence-corrected chi connectivity index (χ3v) is 5.21. The van der Waals surface area contributed by atoms with Crippen molar-refractivity contribution in [2.45, 2.75) is 12.8 Å². The second kappa shape index (κ2) is 5.99. The Kier molecular flexibility index (Phi) is 3.79. The number of halogens is 1. The molecule has 0 N–H and O–H groups in total. The number of anilines is 1. The Labute approximate surface area is 145 Å². The molecule has 0 bridgehead atoms. The minimum Gasteiger partial charge on any atom is -0.338 e. The van der Waals surface area contributed by atoms with Gasteiger partial charge in [0.2, 0.25) is 5.91 Å². The molecule has 0 aliphatic carbocycles. The molecule has 2 fully saturated rings. The Bertz CT molecular complexity index is 806. The van der Waals surface area contributed by atoms with Crippen molar-refractivity contribution in [1.29, 1.82) is 0 Å². The molecule has 5 heteroatoms. The maximum atomic E-state index is 13.0. The van der Waals surface area contributed by atoms with E-state index in [-0.39, 0.29) is 23.0 Å². The van der Waals surface area contributed by atoms with E-state index in [0.717, 1.165) is 12.1 Å². The van der Waals surface area contributed by atoms with Gasteiger partial charge in [0.1, 0.15) is 5.82 Å². The van der Waals surface area contributed by atoms with E-state index in [1.54, 1.807) is 4.90 Å². The number of rotatable bonds is 2. The van der Waals surface area contributed by atoms with Gasteiger partial charge >= 0.3 is 0 Å². The highest BCUT2D eigenvalue weighted by Gasteiger charge is 2.48. The molecule has 4 rings (SSSR count). The second-order valence-electron chi connectivity index (χ2n) is 6.98. The van der Waals surface area contributed by atoms with Gasteiger partial charge in [0, 0.05) is 42.7 Å². The second-order valence-corrected chi connectivity index (χ2v) is 6.98. The normalized spacial score (nSPS) is 22.8. The van der Waals surface area contributed by atoms with Crippen LogP contribution in [-0.2, 0) is 4.79 Å². The molecule has 4 nitrogen and oxygen atoms in total. The highest BCUT2D eigenvalue weighted by Crippen LogP contribution is 2.42. The molecule has 0 aromatic heterocycles. The molecule has 1 unspecified atom stereocenters. The van der Waals surface area contributed by atoms with Crippen LogP contribution in [0.15, 0.2) is 54.6 Å². The number of hydrogen-bond acceptors (Lipinski definition) is 2. The summed E-state index contributed by atoms with van der Waals surface area (Å²) in [5.74, 6) is -0.334. The summed E-state index contributed by atoms with van der Waals surface area (Å²) in [6.45, 7) is 1.84. The number of carbonyl (C=O) groups excluding carboxylic acids is 2. The average molecular weight is 338 g/mol. The predicted octanol–water partition coefficient (Wildman–Crippen LogP) is 3.09. The van der Waals surface area contributed by atoms with E-state index in [9.17, 15) is 14.0 Å².